The van der Waals surface area contributed by atoms with E-state index >= 15 is 0 Å². The van der Waals surface area contributed by atoms with Crippen molar-refractivity contribution in [2.75, 3.05) is 6.26 Å². The highest BCUT2D eigenvalue weighted by atomic mass is 32.2. The van der Waals surface area contributed by atoms with Crippen LogP contribution in [0.5, 0.6) is 0 Å². The Balaban J connectivity index is 2.15. The predicted molar refractivity (Wildman–Crippen MR) is 84.9 cm³/mol. The van der Waals surface area contributed by atoms with Gasteiger partial charge in [0.15, 0.2) is 9.84 Å². The predicted octanol–water partition coefficient (Wildman–Crippen LogP) is 1.88. The van der Waals surface area contributed by atoms with Gasteiger partial charge < -0.3 is 9.84 Å². The van der Waals surface area contributed by atoms with Crippen molar-refractivity contribution in [2.24, 2.45) is 0 Å². The van der Waals surface area contributed by atoms with E-state index in [1.54, 1.807) is 36.4 Å². The molecule has 1 N–H and O–H groups in total. The highest BCUT2D eigenvalue weighted by Crippen LogP contribution is 2.36. The Bertz CT molecular complexity index is 880. The zero-order valence-electron chi connectivity index (χ0n) is 12.3. The molecule has 5 nitrogen and oxygen atoms in total. The van der Waals surface area contributed by atoms with Crippen molar-refractivity contribution >= 4 is 27.0 Å². The van der Waals surface area contributed by atoms with Gasteiger partial charge in [0, 0.05) is 11.8 Å². The summed E-state index contributed by atoms with van der Waals surface area (Å²) < 4.78 is 28.0. The summed E-state index contributed by atoms with van der Waals surface area (Å²) in [6.45, 7) is 0. The first kappa shape index (κ1) is 15.5. The van der Waals surface area contributed by atoms with Gasteiger partial charge in [0.2, 0.25) is 6.29 Å². The smallest absolute Gasteiger partial charge is 0.341 e. The fraction of sp³-hybridized carbons (Fsp3) is 0.118. The Morgan fingerprint density at radius 2 is 1.57 bits per heavy atom. The van der Waals surface area contributed by atoms with E-state index in [1.165, 1.54) is 12.1 Å². The van der Waals surface area contributed by atoms with Gasteiger partial charge in [0.25, 0.3) is 0 Å². The minimum atomic E-state index is -3.31. The van der Waals surface area contributed by atoms with Crippen molar-refractivity contribution in [3.63, 3.8) is 0 Å². The Hall–Kier alpha value is -2.44. The summed E-state index contributed by atoms with van der Waals surface area (Å²) in [7, 11) is -3.31. The molecule has 1 heterocycles. The Kier molecular flexibility index (Phi) is 3.79. The van der Waals surface area contributed by atoms with Crippen LogP contribution in [0.4, 0.5) is 0 Å². The number of sulfone groups is 1. The number of esters is 1. The topological polar surface area (TPSA) is 80.7 Å². The summed E-state index contributed by atoms with van der Waals surface area (Å²) in [6, 6.07) is 14.9. The molecule has 2 aromatic carbocycles. The number of aliphatic hydroxyl groups excluding tert-OH is 1. The zero-order chi connectivity index (χ0) is 16.6. The fourth-order valence-electron chi connectivity index (χ4n) is 2.50. The van der Waals surface area contributed by atoms with Crippen LogP contribution in [0, 0.1) is 0 Å². The normalized spacial score (nSPS) is 18.2. The number of cyclic esters (lactones) is 1. The molecule has 1 atom stereocenters. The van der Waals surface area contributed by atoms with Gasteiger partial charge in [-0.15, -0.1) is 0 Å². The first-order valence-corrected chi connectivity index (χ1v) is 8.76. The fourth-order valence-corrected chi connectivity index (χ4v) is 3.13. The molecule has 0 spiro atoms. The Morgan fingerprint density at radius 3 is 2.13 bits per heavy atom. The van der Waals surface area contributed by atoms with Crippen molar-refractivity contribution in [3.8, 4) is 0 Å². The maximum Gasteiger partial charge on any atom is 0.341 e. The van der Waals surface area contributed by atoms with Gasteiger partial charge in [-0.2, -0.15) is 0 Å². The number of rotatable bonds is 3. The number of ether oxygens (including phenoxy) is 1. The number of carbonyl (C=O) groups excluding carboxylic acids is 1. The molecular formula is C17H14O5S. The minimum Gasteiger partial charge on any atom is -0.428 e. The van der Waals surface area contributed by atoms with E-state index in [4.69, 9.17) is 4.74 Å². The van der Waals surface area contributed by atoms with Crippen LogP contribution in [0.15, 0.2) is 59.5 Å². The van der Waals surface area contributed by atoms with Crippen molar-refractivity contribution in [1.29, 1.82) is 0 Å². The van der Waals surface area contributed by atoms with Crippen molar-refractivity contribution in [3.05, 3.63) is 65.7 Å². The third-order valence-corrected chi connectivity index (χ3v) is 4.72. The average molecular weight is 330 g/mol. The summed E-state index contributed by atoms with van der Waals surface area (Å²) in [6.07, 6.45) is -0.255. The summed E-state index contributed by atoms with van der Waals surface area (Å²) >= 11 is 0. The van der Waals surface area contributed by atoms with Gasteiger partial charge in [-0.1, -0.05) is 42.5 Å². The highest BCUT2D eigenvalue weighted by Gasteiger charge is 2.34. The van der Waals surface area contributed by atoms with E-state index in [9.17, 15) is 18.3 Å². The molecule has 0 saturated carbocycles. The highest BCUT2D eigenvalue weighted by molar-refractivity contribution is 7.90. The Morgan fingerprint density at radius 1 is 0.957 bits per heavy atom. The molecular weight excluding hydrogens is 316 g/mol. The van der Waals surface area contributed by atoms with Gasteiger partial charge in [0.1, 0.15) is 0 Å². The average Bonchev–Trinajstić information content (AvgIpc) is 2.82. The maximum absolute atomic E-state index is 12.1. The molecule has 0 bridgehead atoms. The van der Waals surface area contributed by atoms with Gasteiger partial charge in [-0.05, 0) is 23.3 Å². The molecule has 3 rings (SSSR count). The molecule has 118 valence electrons. The molecule has 1 aliphatic rings. The summed E-state index contributed by atoms with van der Waals surface area (Å²) in [5, 5.41) is 10.1. The lowest BCUT2D eigenvalue weighted by molar-refractivity contribution is -0.148. The molecule has 0 radical (unpaired) electrons. The van der Waals surface area contributed by atoms with E-state index in [2.05, 4.69) is 0 Å². The lowest BCUT2D eigenvalue weighted by Crippen LogP contribution is -2.09. The summed E-state index contributed by atoms with van der Waals surface area (Å²) in [4.78, 5) is 12.2. The molecule has 23 heavy (non-hydrogen) atoms. The van der Waals surface area contributed by atoms with Crippen LogP contribution < -0.4 is 0 Å². The first-order chi connectivity index (χ1) is 10.9. The number of hydrogen-bond donors (Lipinski definition) is 1. The van der Waals surface area contributed by atoms with Crippen LogP contribution in [0.1, 0.15) is 11.1 Å². The van der Waals surface area contributed by atoms with Crippen LogP contribution in [0.25, 0.3) is 11.1 Å². The number of aliphatic hydroxyl groups is 1. The second kappa shape index (κ2) is 5.64. The summed E-state index contributed by atoms with van der Waals surface area (Å²) in [5.74, 6) is -0.606. The van der Waals surface area contributed by atoms with Crippen LogP contribution in [0.2, 0.25) is 0 Å². The van der Waals surface area contributed by atoms with E-state index in [-0.39, 0.29) is 10.5 Å². The molecule has 1 aliphatic heterocycles. The van der Waals surface area contributed by atoms with Crippen LogP contribution >= 0.6 is 0 Å². The van der Waals surface area contributed by atoms with E-state index in [1.807, 2.05) is 6.07 Å². The monoisotopic (exact) mass is 330 g/mol. The van der Waals surface area contributed by atoms with Gasteiger partial charge in [-0.25, -0.2) is 13.2 Å². The second-order valence-electron chi connectivity index (χ2n) is 5.21. The molecule has 2 aromatic rings. The number of hydrogen-bond acceptors (Lipinski definition) is 5. The van der Waals surface area contributed by atoms with Crippen molar-refractivity contribution in [2.45, 2.75) is 11.2 Å². The largest absolute Gasteiger partial charge is 0.428 e. The number of benzene rings is 2. The molecule has 6 heteroatoms. The van der Waals surface area contributed by atoms with Gasteiger partial charge in [0.05, 0.1) is 10.5 Å². The van der Waals surface area contributed by atoms with E-state index in [0.29, 0.717) is 16.7 Å². The van der Waals surface area contributed by atoms with E-state index < -0.39 is 22.1 Å². The lowest BCUT2D eigenvalue weighted by Gasteiger charge is -2.09. The molecule has 0 aromatic heterocycles. The van der Waals surface area contributed by atoms with Crippen LogP contribution in [-0.4, -0.2) is 32.0 Å². The van der Waals surface area contributed by atoms with Crippen LogP contribution in [0.3, 0.4) is 0 Å². The molecule has 0 unspecified atom stereocenters. The molecule has 0 saturated heterocycles. The van der Waals surface area contributed by atoms with Crippen molar-refractivity contribution in [1.82, 2.24) is 0 Å². The van der Waals surface area contributed by atoms with Crippen molar-refractivity contribution < 1.29 is 23.1 Å². The third kappa shape index (κ3) is 2.91. The molecule has 0 aliphatic carbocycles. The maximum atomic E-state index is 12.1. The first-order valence-electron chi connectivity index (χ1n) is 6.87. The number of carbonyl (C=O) groups is 1. The van der Waals surface area contributed by atoms with Gasteiger partial charge >= 0.3 is 5.97 Å². The summed E-state index contributed by atoms with van der Waals surface area (Å²) in [5.41, 5.74) is 1.79. The zero-order valence-corrected chi connectivity index (χ0v) is 13.1. The minimum absolute atomic E-state index is 0.169. The van der Waals surface area contributed by atoms with E-state index in [0.717, 1.165) is 6.26 Å². The Labute approximate surface area is 133 Å². The third-order valence-electron chi connectivity index (χ3n) is 3.60. The lowest BCUT2D eigenvalue weighted by atomic mass is 9.96. The standard InChI is InChI=1S/C17H14O5S/c1-23(20,21)13-9-7-12(8-10-13)15-14(16(18)22-17(15)19)11-5-3-2-4-6-11/h2-10,17,19H,1H3/t17-/m0/s1. The van der Waals surface area contributed by atoms with Crippen LogP contribution in [-0.2, 0) is 19.4 Å². The SMILES string of the molecule is CS(=O)(=O)c1ccc(C2=C(c3ccccc3)C(=O)O[C@@H]2O)cc1. The molecule has 0 amide bonds. The quantitative estimate of drug-likeness (QED) is 0.869. The van der Waals surface area contributed by atoms with Gasteiger partial charge in [-0.3, -0.25) is 0 Å². The second-order valence-corrected chi connectivity index (χ2v) is 7.22. The molecule has 0 fully saturated rings.